The van der Waals surface area contributed by atoms with Crippen LogP contribution in [0.25, 0.3) is 5.69 Å². The Bertz CT molecular complexity index is 830. The summed E-state index contributed by atoms with van der Waals surface area (Å²) in [5.41, 5.74) is 2.85. The van der Waals surface area contributed by atoms with Gasteiger partial charge in [-0.25, -0.2) is 4.39 Å². The molecular weight excluding hydrogens is 295 g/mol. The van der Waals surface area contributed by atoms with E-state index in [0.717, 1.165) is 11.4 Å². The maximum atomic E-state index is 13.2. The quantitative estimate of drug-likeness (QED) is 0.675. The second-order valence-electron chi connectivity index (χ2n) is 5.78. The first kappa shape index (κ1) is 14.7. The fourth-order valence-corrected chi connectivity index (χ4v) is 2.94. The van der Waals surface area contributed by atoms with Gasteiger partial charge in [0.1, 0.15) is 5.82 Å². The first-order valence-corrected chi connectivity index (χ1v) is 7.53. The predicted molar refractivity (Wildman–Crippen MR) is 89.5 cm³/mol. The van der Waals surface area contributed by atoms with Gasteiger partial charge in [0.2, 0.25) is 0 Å². The molecule has 0 aliphatic heterocycles. The summed E-state index contributed by atoms with van der Waals surface area (Å²) in [6, 6.07) is 16.6. The van der Waals surface area contributed by atoms with E-state index in [1.54, 1.807) is 12.1 Å². The van der Waals surface area contributed by atoms with Gasteiger partial charge < -0.3 is 4.98 Å². The van der Waals surface area contributed by atoms with Gasteiger partial charge in [0, 0.05) is 17.3 Å². The molecule has 0 amide bonds. The molecule has 0 aliphatic carbocycles. The summed E-state index contributed by atoms with van der Waals surface area (Å²) < 4.78 is 15.7. The lowest BCUT2D eigenvalue weighted by molar-refractivity contribution is 0.599. The number of halogens is 1. The van der Waals surface area contributed by atoms with Gasteiger partial charge in [0.25, 0.3) is 0 Å². The Morgan fingerprint density at radius 2 is 1.64 bits per heavy atom. The molecule has 1 aromatic heterocycles. The molecule has 0 aliphatic rings. The molecule has 0 saturated heterocycles. The molecule has 0 bridgehead atoms. The number of H-pyrrole nitrogens is 1. The Hall–Kier alpha value is -2.20. The van der Waals surface area contributed by atoms with Crippen LogP contribution in [0.15, 0.2) is 60.8 Å². The molecule has 4 heteroatoms. The van der Waals surface area contributed by atoms with Crippen molar-refractivity contribution in [1.82, 2.24) is 9.55 Å². The highest BCUT2D eigenvalue weighted by Crippen LogP contribution is 2.32. The highest BCUT2D eigenvalue weighted by molar-refractivity contribution is 7.71. The molecule has 0 unspecified atom stereocenters. The third-order valence-corrected chi connectivity index (χ3v) is 4.30. The number of nitrogens with one attached hydrogen (secondary N) is 1. The minimum absolute atomic E-state index is 0.233. The number of hydrogen-bond acceptors (Lipinski definition) is 1. The number of imidazole rings is 1. The monoisotopic (exact) mass is 312 g/mol. The standard InChI is InChI=1S/C18H17FN2S/c1-18(2,13-6-4-3-5-7-13)16-12-20-17(22)21(16)15-10-8-14(19)9-11-15/h3-12H,1-2H3,(H,20,22). The zero-order chi connectivity index (χ0) is 15.7. The Kier molecular flexibility index (Phi) is 3.71. The Morgan fingerprint density at radius 3 is 2.27 bits per heavy atom. The van der Waals surface area contributed by atoms with Crippen molar-refractivity contribution in [2.24, 2.45) is 0 Å². The van der Waals surface area contributed by atoms with E-state index in [2.05, 4.69) is 31.0 Å². The largest absolute Gasteiger partial charge is 0.337 e. The Balaban J connectivity index is 2.17. The maximum Gasteiger partial charge on any atom is 0.182 e. The van der Waals surface area contributed by atoms with Crippen molar-refractivity contribution < 1.29 is 4.39 Å². The number of benzene rings is 2. The average Bonchev–Trinajstić information content (AvgIpc) is 2.91. The van der Waals surface area contributed by atoms with Crippen LogP contribution in [0.2, 0.25) is 0 Å². The molecular formula is C18H17FN2S. The van der Waals surface area contributed by atoms with Gasteiger partial charge in [0.05, 0.1) is 5.69 Å². The number of aromatic nitrogens is 2. The van der Waals surface area contributed by atoms with Crippen molar-refractivity contribution in [2.45, 2.75) is 19.3 Å². The molecule has 1 heterocycles. The van der Waals surface area contributed by atoms with Crippen molar-refractivity contribution in [1.29, 1.82) is 0 Å². The first-order valence-electron chi connectivity index (χ1n) is 7.12. The van der Waals surface area contributed by atoms with Crippen LogP contribution in [0, 0.1) is 10.6 Å². The van der Waals surface area contributed by atoms with Gasteiger partial charge in [0.15, 0.2) is 4.77 Å². The van der Waals surface area contributed by atoms with Gasteiger partial charge in [-0.3, -0.25) is 4.57 Å². The van der Waals surface area contributed by atoms with Crippen LogP contribution in [-0.2, 0) is 5.41 Å². The summed E-state index contributed by atoms with van der Waals surface area (Å²) in [7, 11) is 0. The van der Waals surface area contributed by atoms with Crippen molar-refractivity contribution in [3.05, 3.63) is 82.6 Å². The Morgan fingerprint density at radius 1 is 1.00 bits per heavy atom. The van der Waals surface area contributed by atoms with Crippen LogP contribution >= 0.6 is 12.2 Å². The molecule has 2 aromatic carbocycles. The van der Waals surface area contributed by atoms with Crippen LogP contribution in [0.1, 0.15) is 25.1 Å². The van der Waals surface area contributed by atoms with Gasteiger partial charge in [-0.05, 0) is 42.0 Å². The van der Waals surface area contributed by atoms with E-state index in [1.807, 2.05) is 29.0 Å². The lowest BCUT2D eigenvalue weighted by atomic mass is 9.81. The van der Waals surface area contributed by atoms with Crippen molar-refractivity contribution in [3.63, 3.8) is 0 Å². The van der Waals surface area contributed by atoms with E-state index in [9.17, 15) is 4.39 Å². The summed E-state index contributed by atoms with van der Waals surface area (Å²) in [5.74, 6) is -0.255. The second kappa shape index (κ2) is 5.54. The molecule has 3 rings (SSSR count). The van der Waals surface area contributed by atoms with Crippen molar-refractivity contribution in [3.8, 4) is 5.69 Å². The lowest BCUT2D eigenvalue weighted by Gasteiger charge is -2.26. The van der Waals surface area contributed by atoms with Gasteiger partial charge in [-0.15, -0.1) is 0 Å². The number of aromatic amines is 1. The average molecular weight is 312 g/mol. The third kappa shape index (κ3) is 2.50. The van der Waals surface area contributed by atoms with E-state index in [4.69, 9.17) is 12.2 Å². The lowest BCUT2D eigenvalue weighted by Crippen LogP contribution is -2.22. The molecule has 0 radical (unpaired) electrons. The normalized spacial score (nSPS) is 11.6. The summed E-state index contributed by atoms with van der Waals surface area (Å²) >= 11 is 5.42. The van der Waals surface area contributed by atoms with E-state index in [1.165, 1.54) is 17.7 Å². The number of nitrogens with zero attached hydrogens (tertiary/aromatic N) is 1. The molecule has 22 heavy (non-hydrogen) atoms. The molecule has 0 saturated carbocycles. The van der Waals surface area contributed by atoms with E-state index >= 15 is 0 Å². The zero-order valence-corrected chi connectivity index (χ0v) is 13.3. The first-order chi connectivity index (χ1) is 10.5. The van der Waals surface area contributed by atoms with E-state index < -0.39 is 0 Å². The number of rotatable bonds is 3. The number of hydrogen-bond donors (Lipinski definition) is 1. The van der Waals surface area contributed by atoms with Crippen LogP contribution in [0.3, 0.4) is 0 Å². The summed E-state index contributed by atoms with van der Waals surface area (Å²) in [5, 5.41) is 0. The van der Waals surface area contributed by atoms with Crippen molar-refractivity contribution >= 4 is 12.2 Å². The smallest absolute Gasteiger partial charge is 0.182 e. The molecule has 0 atom stereocenters. The zero-order valence-electron chi connectivity index (χ0n) is 12.5. The molecule has 0 fully saturated rings. The topological polar surface area (TPSA) is 20.7 Å². The van der Waals surface area contributed by atoms with Gasteiger partial charge in [-0.2, -0.15) is 0 Å². The summed E-state index contributed by atoms with van der Waals surface area (Å²) in [6.45, 7) is 4.31. The highest BCUT2D eigenvalue weighted by Gasteiger charge is 2.27. The van der Waals surface area contributed by atoms with Crippen LogP contribution < -0.4 is 0 Å². The maximum absolute atomic E-state index is 13.2. The molecule has 1 N–H and O–H groups in total. The third-order valence-electron chi connectivity index (χ3n) is 4.00. The van der Waals surface area contributed by atoms with Crippen LogP contribution in [-0.4, -0.2) is 9.55 Å². The highest BCUT2D eigenvalue weighted by atomic mass is 32.1. The minimum atomic E-state index is -0.255. The van der Waals surface area contributed by atoms with E-state index in [0.29, 0.717) is 4.77 Å². The predicted octanol–water partition coefficient (Wildman–Crippen LogP) is 5.00. The van der Waals surface area contributed by atoms with Gasteiger partial charge >= 0.3 is 0 Å². The van der Waals surface area contributed by atoms with E-state index in [-0.39, 0.29) is 11.2 Å². The fourth-order valence-electron chi connectivity index (χ4n) is 2.68. The Labute approximate surface area is 134 Å². The van der Waals surface area contributed by atoms with Crippen LogP contribution in [0.4, 0.5) is 4.39 Å². The fraction of sp³-hybridized carbons (Fsp3) is 0.167. The summed E-state index contributed by atoms with van der Waals surface area (Å²) in [6.07, 6.45) is 1.93. The molecule has 3 aromatic rings. The SMILES string of the molecule is CC(C)(c1ccccc1)c1c[nH]c(=S)n1-c1ccc(F)cc1. The molecule has 112 valence electrons. The molecule has 0 spiro atoms. The second-order valence-corrected chi connectivity index (χ2v) is 6.17. The van der Waals surface area contributed by atoms with Gasteiger partial charge in [-0.1, -0.05) is 44.2 Å². The summed E-state index contributed by atoms with van der Waals surface area (Å²) in [4.78, 5) is 3.11. The van der Waals surface area contributed by atoms with Crippen molar-refractivity contribution in [2.75, 3.05) is 0 Å². The minimum Gasteiger partial charge on any atom is -0.337 e. The van der Waals surface area contributed by atoms with Crippen LogP contribution in [0.5, 0.6) is 0 Å². The molecule has 2 nitrogen and oxygen atoms in total.